The van der Waals surface area contributed by atoms with Crippen molar-refractivity contribution in [2.45, 2.75) is 58.8 Å². The van der Waals surface area contributed by atoms with Crippen molar-refractivity contribution in [1.29, 1.82) is 0 Å². The predicted molar refractivity (Wildman–Crippen MR) is 108 cm³/mol. The van der Waals surface area contributed by atoms with Gasteiger partial charge in [0.1, 0.15) is 11.3 Å². The van der Waals surface area contributed by atoms with E-state index < -0.39 is 15.3 Å². The summed E-state index contributed by atoms with van der Waals surface area (Å²) >= 11 is 0. The quantitative estimate of drug-likeness (QED) is 0.561. The summed E-state index contributed by atoms with van der Waals surface area (Å²) in [5.41, 5.74) is 8.56. The second-order valence-electron chi connectivity index (χ2n) is 6.72. The van der Waals surface area contributed by atoms with Gasteiger partial charge in [0.2, 0.25) is 10.0 Å². The Morgan fingerprint density at radius 2 is 2.04 bits per heavy atom. The molecule has 0 fully saturated rings. The number of pyridine rings is 1. The van der Waals surface area contributed by atoms with Crippen molar-refractivity contribution in [2.75, 3.05) is 25.5 Å². The molecule has 1 unspecified atom stereocenters. The predicted octanol–water partition coefficient (Wildman–Crippen LogP) is 2.01. The number of imidazole rings is 1. The molecule has 2 heterocycles. The van der Waals surface area contributed by atoms with E-state index in [1.165, 1.54) is 0 Å². The van der Waals surface area contributed by atoms with Gasteiger partial charge >= 0.3 is 0 Å². The Bertz CT molecular complexity index is 863. The van der Waals surface area contributed by atoms with Crippen LogP contribution in [0.2, 0.25) is 0 Å². The monoisotopic (exact) mass is 397 g/mol. The van der Waals surface area contributed by atoms with E-state index in [1.807, 2.05) is 19.9 Å². The maximum Gasteiger partial charge on any atom is 0.214 e. The summed E-state index contributed by atoms with van der Waals surface area (Å²) in [7, 11) is -3.26. The smallest absolute Gasteiger partial charge is 0.214 e. The third-order valence-corrected chi connectivity index (χ3v) is 6.56. The number of ether oxygens (including phenoxy) is 1. The number of anilines is 1. The molecule has 0 saturated carbocycles. The van der Waals surface area contributed by atoms with Crippen LogP contribution in [-0.4, -0.2) is 48.0 Å². The standard InChI is InChI=1S/C18H31N5O3S/c1-5-7-16-22-17-15(12-13(3)21-18(17)19)23(16)9-11-26-10-8-20-27(24,25)14(4)6-2/h12,14,20H,5-11H2,1-4H3,(H2,19,21). The zero-order valence-electron chi connectivity index (χ0n) is 16.7. The minimum absolute atomic E-state index is 0.273. The summed E-state index contributed by atoms with van der Waals surface area (Å²) in [6.45, 7) is 9.27. The molecule has 3 N–H and O–H groups in total. The first kappa shape index (κ1) is 21.6. The molecule has 0 radical (unpaired) electrons. The molecule has 2 aromatic heterocycles. The molecule has 2 aromatic rings. The normalized spacial score (nSPS) is 13.3. The first-order chi connectivity index (χ1) is 12.8. The Balaban J connectivity index is 1.96. The fourth-order valence-electron chi connectivity index (χ4n) is 2.86. The topological polar surface area (TPSA) is 112 Å². The second kappa shape index (κ2) is 9.48. The zero-order chi connectivity index (χ0) is 20.0. The van der Waals surface area contributed by atoms with E-state index in [9.17, 15) is 8.42 Å². The van der Waals surface area contributed by atoms with Crippen LogP contribution in [0.25, 0.3) is 11.0 Å². The number of nitrogens with zero attached hydrogens (tertiary/aromatic N) is 3. The molecular weight excluding hydrogens is 366 g/mol. The molecule has 9 heteroatoms. The molecule has 0 spiro atoms. The lowest BCUT2D eigenvalue weighted by Gasteiger charge is -2.13. The van der Waals surface area contributed by atoms with E-state index in [0.29, 0.717) is 32.0 Å². The number of sulfonamides is 1. The van der Waals surface area contributed by atoms with Gasteiger partial charge in [-0.3, -0.25) is 0 Å². The number of nitrogens with two attached hydrogens (primary N) is 1. The summed E-state index contributed by atoms with van der Waals surface area (Å²) in [5.74, 6) is 1.41. The maximum atomic E-state index is 11.9. The van der Waals surface area contributed by atoms with Gasteiger partial charge in [0.05, 0.1) is 24.0 Å². The van der Waals surface area contributed by atoms with Crippen LogP contribution >= 0.6 is 0 Å². The van der Waals surface area contributed by atoms with Crippen molar-refractivity contribution in [2.24, 2.45) is 0 Å². The summed E-state index contributed by atoms with van der Waals surface area (Å²) in [6, 6.07) is 1.98. The number of nitrogens with one attached hydrogen (secondary N) is 1. The average molecular weight is 398 g/mol. The summed E-state index contributed by atoms with van der Waals surface area (Å²) in [6.07, 6.45) is 2.41. The van der Waals surface area contributed by atoms with Crippen molar-refractivity contribution >= 4 is 26.9 Å². The Morgan fingerprint density at radius 1 is 1.30 bits per heavy atom. The number of hydrogen-bond donors (Lipinski definition) is 2. The van der Waals surface area contributed by atoms with Crippen LogP contribution in [0.5, 0.6) is 0 Å². The van der Waals surface area contributed by atoms with Gasteiger partial charge in [-0.15, -0.1) is 0 Å². The van der Waals surface area contributed by atoms with Crippen LogP contribution in [0.4, 0.5) is 5.82 Å². The molecule has 0 aliphatic carbocycles. The third-order valence-electron chi connectivity index (χ3n) is 4.56. The number of nitrogen functional groups attached to an aromatic ring is 1. The molecule has 2 rings (SSSR count). The van der Waals surface area contributed by atoms with E-state index in [4.69, 9.17) is 10.5 Å². The van der Waals surface area contributed by atoms with Crippen LogP contribution in [0.15, 0.2) is 6.07 Å². The number of aryl methyl sites for hydroxylation is 2. The molecule has 152 valence electrons. The first-order valence-corrected chi connectivity index (χ1v) is 11.0. The summed E-state index contributed by atoms with van der Waals surface area (Å²) in [5, 5.41) is -0.395. The number of rotatable bonds is 11. The molecule has 0 amide bonds. The van der Waals surface area contributed by atoms with Crippen molar-refractivity contribution in [1.82, 2.24) is 19.3 Å². The van der Waals surface area contributed by atoms with Crippen molar-refractivity contribution < 1.29 is 13.2 Å². The van der Waals surface area contributed by atoms with Crippen LogP contribution in [0.3, 0.4) is 0 Å². The molecule has 0 aliphatic heterocycles. The van der Waals surface area contributed by atoms with Crippen LogP contribution in [0.1, 0.15) is 45.1 Å². The van der Waals surface area contributed by atoms with Gasteiger partial charge in [-0.05, 0) is 32.8 Å². The molecule has 0 aliphatic rings. The van der Waals surface area contributed by atoms with Crippen LogP contribution in [-0.2, 0) is 27.7 Å². The minimum Gasteiger partial charge on any atom is -0.382 e. The lowest BCUT2D eigenvalue weighted by molar-refractivity contribution is 0.131. The number of aromatic nitrogens is 3. The Kier molecular flexibility index (Phi) is 7.58. The number of hydrogen-bond acceptors (Lipinski definition) is 6. The van der Waals surface area contributed by atoms with Gasteiger partial charge in [-0.25, -0.2) is 23.1 Å². The molecule has 1 atom stereocenters. The van der Waals surface area contributed by atoms with Gasteiger partial charge in [0.25, 0.3) is 0 Å². The van der Waals surface area contributed by atoms with Gasteiger partial charge in [-0.1, -0.05) is 13.8 Å². The largest absolute Gasteiger partial charge is 0.382 e. The van der Waals surface area contributed by atoms with E-state index in [-0.39, 0.29) is 6.54 Å². The highest BCUT2D eigenvalue weighted by Gasteiger charge is 2.17. The Labute approximate surface area is 161 Å². The lowest BCUT2D eigenvalue weighted by atomic mass is 10.3. The molecule has 8 nitrogen and oxygen atoms in total. The van der Waals surface area contributed by atoms with Crippen LogP contribution < -0.4 is 10.5 Å². The zero-order valence-corrected chi connectivity index (χ0v) is 17.5. The second-order valence-corrected chi connectivity index (χ2v) is 8.90. The fraction of sp³-hybridized carbons (Fsp3) is 0.667. The van der Waals surface area contributed by atoms with Gasteiger partial charge in [-0.2, -0.15) is 0 Å². The highest BCUT2D eigenvalue weighted by molar-refractivity contribution is 7.90. The first-order valence-electron chi connectivity index (χ1n) is 9.48. The van der Waals surface area contributed by atoms with E-state index in [2.05, 4.69) is 26.2 Å². The van der Waals surface area contributed by atoms with Gasteiger partial charge in [0.15, 0.2) is 5.82 Å². The van der Waals surface area contributed by atoms with Crippen molar-refractivity contribution in [3.63, 3.8) is 0 Å². The van der Waals surface area contributed by atoms with E-state index >= 15 is 0 Å². The fourth-order valence-corrected chi connectivity index (χ4v) is 3.95. The molecule has 0 saturated heterocycles. The Morgan fingerprint density at radius 3 is 2.70 bits per heavy atom. The molecule has 0 aromatic carbocycles. The van der Waals surface area contributed by atoms with Gasteiger partial charge in [0, 0.05) is 25.2 Å². The van der Waals surface area contributed by atoms with Crippen molar-refractivity contribution in [3.05, 3.63) is 17.6 Å². The van der Waals surface area contributed by atoms with Crippen LogP contribution in [0, 0.1) is 6.92 Å². The minimum atomic E-state index is -3.26. The average Bonchev–Trinajstić information content (AvgIpc) is 2.95. The molecule has 0 bridgehead atoms. The third kappa shape index (κ3) is 5.40. The molecule has 27 heavy (non-hydrogen) atoms. The number of fused-ring (bicyclic) bond motifs is 1. The SMILES string of the molecule is CCCc1nc2c(N)nc(C)cc2n1CCOCCNS(=O)(=O)C(C)CC. The molecular formula is C18H31N5O3S. The lowest BCUT2D eigenvalue weighted by Crippen LogP contribution is -2.34. The highest BCUT2D eigenvalue weighted by Crippen LogP contribution is 2.22. The maximum absolute atomic E-state index is 11.9. The summed E-state index contributed by atoms with van der Waals surface area (Å²) in [4.78, 5) is 8.93. The van der Waals surface area contributed by atoms with Gasteiger partial charge < -0.3 is 15.0 Å². The van der Waals surface area contributed by atoms with E-state index in [0.717, 1.165) is 35.4 Å². The Hall–Kier alpha value is -1.71. The van der Waals surface area contributed by atoms with Crippen molar-refractivity contribution in [3.8, 4) is 0 Å². The van der Waals surface area contributed by atoms with E-state index in [1.54, 1.807) is 6.92 Å². The highest BCUT2D eigenvalue weighted by atomic mass is 32.2. The summed E-state index contributed by atoms with van der Waals surface area (Å²) < 4.78 is 34.2.